The Kier molecular flexibility index (Phi) is 3.43. The summed E-state index contributed by atoms with van der Waals surface area (Å²) in [5.74, 6) is 0. The SMILES string of the molecule is CCNc1ccnc(-c2cc(C)cc(C)c2)c1. The van der Waals surface area contributed by atoms with Gasteiger partial charge in [0.15, 0.2) is 0 Å². The summed E-state index contributed by atoms with van der Waals surface area (Å²) in [6, 6.07) is 10.6. The maximum absolute atomic E-state index is 4.43. The number of aromatic nitrogens is 1. The van der Waals surface area contributed by atoms with Crippen molar-refractivity contribution in [3.63, 3.8) is 0 Å². The summed E-state index contributed by atoms with van der Waals surface area (Å²) in [5.41, 5.74) is 5.88. The molecule has 0 spiro atoms. The zero-order valence-electron chi connectivity index (χ0n) is 10.6. The largest absolute Gasteiger partial charge is 0.385 e. The Morgan fingerprint density at radius 2 is 1.76 bits per heavy atom. The summed E-state index contributed by atoms with van der Waals surface area (Å²) >= 11 is 0. The molecule has 0 radical (unpaired) electrons. The average molecular weight is 226 g/mol. The van der Waals surface area contributed by atoms with Gasteiger partial charge in [0.05, 0.1) is 5.69 Å². The summed E-state index contributed by atoms with van der Waals surface area (Å²) in [7, 11) is 0. The van der Waals surface area contributed by atoms with E-state index in [-0.39, 0.29) is 0 Å². The molecule has 2 heteroatoms. The minimum atomic E-state index is 0.927. The first-order valence-corrected chi connectivity index (χ1v) is 5.97. The molecule has 2 rings (SSSR count). The van der Waals surface area contributed by atoms with Crippen molar-refractivity contribution in [2.45, 2.75) is 20.8 Å². The van der Waals surface area contributed by atoms with Crippen LogP contribution in [0.25, 0.3) is 11.3 Å². The Labute approximate surface area is 103 Å². The number of hydrogen-bond donors (Lipinski definition) is 1. The van der Waals surface area contributed by atoms with E-state index in [1.54, 1.807) is 0 Å². The van der Waals surface area contributed by atoms with E-state index in [0.29, 0.717) is 0 Å². The van der Waals surface area contributed by atoms with Gasteiger partial charge in [-0.2, -0.15) is 0 Å². The number of benzene rings is 1. The van der Waals surface area contributed by atoms with E-state index in [1.807, 2.05) is 12.3 Å². The number of anilines is 1. The van der Waals surface area contributed by atoms with Crippen LogP contribution in [0.4, 0.5) is 5.69 Å². The van der Waals surface area contributed by atoms with Gasteiger partial charge in [0, 0.05) is 24.0 Å². The number of aryl methyl sites for hydroxylation is 2. The Hall–Kier alpha value is -1.83. The lowest BCUT2D eigenvalue weighted by Gasteiger charge is -2.07. The molecule has 0 aliphatic carbocycles. The van der Waals surface area contributed by atoms with Gasteiger partial charge in [-0.15, -0.1) is 0 Å². The van der Waals surface area contributed by atoms with Crippen LogP contribution in [0.1, 0.15) is 18.1 Å². The number of rotatable bonds is 3. The number of nitrogens with zero attached hydrogens (tertiary/aromatic N) is 1. The molecule has 1 aromatic carbocycles. The lowest BCUT2D eigenvalue weighted by molar-refractivity contribution is 1.20. The highest BCUT2D eigenvalue weighted by atomic mass is 14.9. The van der Waals surface area contributed by atoms with Gasteiger partial charge < -0.3 is 5.32 Å². The van der Waals surface area contributed by atoms with Crippen LogP contribution in [-0.4, -0.2) is 11.5 Å². The molecule has 0 aliphatic rings. The minimum Gasteiger partial charge on any atom is -0.385 e. The van der Waals surface area contributed by atoms with Gasteiger partial charge in [0.25, 0.3) is 0 Å². The van der Waals surface area contributed by atoms with E-state index >= 15 is 0 Å². The second-order valence-electron chi connectivity index (χ2n) is 4.34. The fourth-order valence-electron chi connectivity index (χ4n) is 2.03. The van der Waals surface area contributed by atoms with Gasteiger partial charge in [-0.05, 0) is 45.0 Å². The molecule has 0 saturated carbocycles. The molecule has 1 N–H and O–H groups in total. The number of pyridine rings is 1. The van der Waals surface area contributed by atoms with Crippen molar-refractivity contribution in [3.8, 4) is 11.3 Å². The summed E-state index contributed by atoms with van der Waals surface area (Å²) in [6.45, 7) is 7.25. The van der Waals surface area contributed by atoms with Gasteiger partial charge in [-0.25, -0.2) is 0 Å². The first kappa shape index (κ1) is 11.6. The quantitative estimate of drug-likeness (QED) is 0.861. The van der Waals surface area contributed by atoms with E-state index in [2.05, 4.69) is 55.3 Å². The second-order valence-corrected chi connectivity index (χ2v) is 4.34. The van der Waals surface area contributed by atoms with Crippen molar-refractivity contribution >= 4 is 5.69 Å². The highest BCUT2D eigenvalue weighted by molar-refractivity contribution is 5.65. The normalized spacial score (nSPS) is 10.3. The van der Waals surface area contributed by atoms with Crippen LogP contribution in [0.5, 0.6) is 0 Å². The molecule has 88 valence electrons. The molecule has 0 aliphatic heterocycles. The number of hydrogen-bond acceptors (Lipinski definition) is 2. The molecule has 0 atom stereocenters. The highest BCUT2D eigenvalue weighted by Gasteiger charge is 2.02. The molecule has 0 saturated heterocycles. The van der Waals surface area contributed by atoms with Crippen molar-refractivity contribution in [1.29, 1.82) is 0 Å². The van der Waals surface area contributed by atoms with E-state index in [1.165, 1.54) is 16.7 Å². The van der Waals surface area contributed by atoms with Crippen molar-refractivity contribution in [1.82, 2.24) is 4.98 Å². The zero-order chi connectivity index (χ0) is 12.3. The van der Waals surface area contributed by atoms with Crippen LogP contribution >= 0.6 is 0 Å². The van der Waals surface area contributed by atoms with Gasteiger partial charge in [-0.3, -0.25) is 4.98 Å². The Balaban J connectivity index is 2.41. The third-order valence-corrected chi connectivity index (χ3v) is 2.66. The smallest absolute Gasteiger partial charge is 0.0722 e. The molecule has 0 fully saturated rings. The number of nitrogens with one attached hydrogen (secondary N) is 1. The molecule has 0 amide bonds. The zero-order valence-corrected chi connectivity index (χ0v) is 10.6. The third kappa shape index (κ3) is 2.84. The van der Waals surface area contributed by atoms with Gasteiger partial charge in [-0.1, -0.05) is 17.2 Å². The monoisotopic (exact) mass is 226 g/mol. The molecular formula is C15H18N2. The molecule has 1 aromatic heterocycles. The van der Waals surface area contributed by atoms with Crippen LogP contribution in [0.2, 0.25) is 0 Å². The van der Waals surface area contributed by atoms with E-state index in [4.69, 9.17) is 0 Å². The van der Waals surface area contributed by atoms with Gasteiger partial charge in [0.2, 0.25) is 0 Å². The van der Waals surface area contributed by atoms with Crippen molar-refractivity contribution in [3.05, 3.63) is 47.7 Å². The fourth-order valence-corrected chi connectivity index (χ4v) is 2.03. The molecule has 0 bridgehead atoms. The van der Waals surface area contributed by atoms with Crippen molar-refractivity contribution in [2.75, 3.05) is 11.9 Å². The predicted molar refractivity (Wildman–Crippen MR) is 73.3 cm³/mol. The lowest BCUT2D eigenvalue weighted by Crippen LogP contribution is -1.97. The molecule has 17 heavy (non-hydrogen) atoms. The van der Waals surface area contributed by atoms with E-state index in [9.17, 15) is 0 Å². The Bertz CT molecular complexity index is 498. The van der Waals surface area contributed by atoms with Crippen LogP contribution in [0, 0.1) is 13.8 Å². The fraction of sp³-hybridized carbons (Fsp3) is 0.267. The summed E-state index contributed by atoms with van der Waals surface area (Å²) in [4.78, 5) is 4.43. The van der Waals surface area contributed by atoms with Gasteiger partial charge in [0.1, 0.15) is 0 Å². The molecule has 2 aromatic rings. The standard InChI is InChI=1S/C15H18N2/c1-4-16-14-5-6-17-15(10-14)13-8-11(2)7-12(3)9-13/h5-10H,4H2,1-3H3,(H,16,17). The maximum atomic E-state index is 4.43. The van der Waals surface area contributed by atoms with E-state index < -0.39 is 0 Å². The molecule has 2 nitrogen and oxygen atoms in total. The Morgan fingerprint density at radius 1 is 1.06 bits per heavy atom. The topological polar surface area (TPSA) is 24.9 Å². The molecule has 1 heterocycles. The van der Waals surface area contributed by atoms with Gasteiger partial charge >= 0.3 is 0 Å². The summed E-state index contributed by atoms with van der Waals surface area (Å²) < 4.78 is 0. The van der Waals surface area contributed by atoms with Crippen LogP contribution in [0.3, 0.4) is 0 Å². The van der Waals surface area contributed by atoms with Crippen molar-refractivity contribution < 1.29 is 0 Å². The minimum absolute atomic E-state index is 0.927. The molecule has 0 unspecified atom stereocenters. The predicted octanol–water partition coefficient (Wildman–Crippen LogP) is 3.80. The summed E-state index contributed by atoms with van der Waals surface area (Å²) in [6.07, 6.45) is 1.85. The first-order chi connectivity index (χ1) is 8.19. The van der Waals surface area contributed by atoms with Crippen molar-refractivity contribution in [2.24, 2.45) is 0 Å². The highest BCUT2D eigenvalue weighted by Crippen LogP contribution is 2.22. The average Bonchev–Trinajstić information content (AvgIpc) is 2.28. The maximum Gasteiger partial charge on any atom is 0.0722 e. The third-order valence-electron chi connectivity index (χ3n) is 2.66. The van der Waals surface area contributed by atoms with Crippen LogP contribution < -0.4 is 5.32 Å². The van der Waals surface area contributed by atoms with E-state index in [0.717, 1.165) is 17.9 Å². The molecular weight excluding hydrogens is 208 g/mol. The lowest BCUT2D eigenvalue weighted by atomic mass is 10.0. The van der Waals surface area contributed by atoms with Crippen LogP contribution in [0.15, 0.2) is 36.5 Å². The Morgan fingerprint density at radius 3 is 2.41 bits per heavy atom. The van der Waals surface area contributed by atoms with Crippen LogP contribution in [-0.2, 0) is 0 Å². The second kappa shape index (κ2) is 5.00. The summed E-state index contributed by atoms with van der Waals surface area (Å²) in [5, 5.41) is 3.31. The first-order valence-electron chi connectivity index (χ1n) is 5.97.